The summed E-state index contributed by atoms with van der Waals surface area (Å²) in [5.41, 5.74) is 0. The van der Waals surface area contributed by atoms with Gasteiger partial charge < -0.3 is 10.2 Å². The lowest BCUT2D eigenvalue weighted by molar-refractivity contribution is -0.130. The number of nitrogens with zero attached hydrogens (tertiary/aromatic N) is 2. The van der Waals surface area contributed by atoms with E-state index in [4.69, 9.17) is 0 Å². The van der Waals surface area contributed by atoms with Gasteiger partial charge in [-0.3, -0.25) is 9.69 Å². The molecule has 0 unspecified atom stereocenters. The number of carbonyl (C=O) groups excluding carboxylic acids is 1. The number of carbonyl (C=O) groups is 1. The Hall–Kier alpha value is -0.610. The molecule has 0 aromatic carbocycles. The maximum atomic E-state index is 11.5. The van der Waals surface area contributed by atoms with E-state index in [1.807, 2.05) is 18.9 Å². The van der Waals surface area contributed by atoms with Gasteiger partial charge in [0.2, 0.25) is 5.91 Å². The van der Waals surface area contributed by atoms with Crippen molar-refractivity contribution in [2.24, 2.45) is 0 Å². The number of nitrogens with one attached hydrogen (secondary N) is 1. The van der Waals surface area contributed by atoms with Gasteiger partial charge in [-0.05, 0) is 6.42 Å². The van der Waals surface area contributed by atoms with Crippen LogP contribution in [0.15, 0.2) is 0 Å². The lowest BCUT2D eigenvalue weighted by Gasteiger charge is -2.29. The van der Waals surface area contributed by atoms with Crippen LogP contribution in [0.2, 0.25) is 0 Å². The van der Waals surface area contributed by atoms with Crippen LogP contribution in [-0.4, -0.2) is 62.0 Å². The summed E-state index contributed by atoms with van der Waals surface area (Å²) in [6.45, 7) is 8.28. The van der Waals surface area contributed by atoms with Gasteiger partial charge in [0.1, 0.15) is 0 Å². The molecule has 0 saturated carbocycles. The second-order valence-corrected chi connectivity index (χ2v) is 4.16. The van der Waals surface area contributed by atoms with Crippen LogP contribution in [0.4, 0.5) is 0 Å². The molecule has 1 amide bonds. The van der Waals surface area contributed by atoms with E-state index < -0.39 is 0 Å². The second-order valence-electron chi connectivity index (χ2n) is 4.16. The summed E-state index contributed by atoms with van der Waals surface area (Å²) in [6.07, 6.45) is 1.62. The monoisotopic (exact) mass is 213 g/mol. The molecule has 4 nitrogen and oxygen atoms in total. The number of likely N-dealkylation sites (N-methyl/N-ethyl adjacent to an activating group) is 1. The van der Waals surface area contributed by atoms with Gasteiger partial charge in [-0.1, -0.05) is 6.92 Å². The summed E-state index contributed by atoms with van der Waals surface area (Å²) in [5, 5.41) is 3.32. The third-order valence-corrected chi connectivity index (χ3v) is 2.85. The summed E-state index contributed by atoms with van der Waals surface area (Å²) in [6, 6.07) is 0. The first-order chi connectivity index (χ1) is 7.24. The SMILES string of the molecule is CCCC(=O)N(C)CCN1CCNCC1. The molecule has 1 aliphatic rings. The predicted molar refractivity (Wildman–Crippen MR) is 61.9 cm³/mol. The zero-order valence-corrected chi connectivity index (χ0v) is 9.96. The van der Waals surface area contributed by atoms with Crippen molar-refractivity contribution in [3.05, 3.63) is 0 Å². The van der Waals surface area contributed by atoms with Crippen LogP contribution in [0.25, 0.3) is 0 Å². The highest BCUT2D eigenvalue weighted by molar-refractivity contribution is 5.75. The van der Waals surface area contributed by atoms with Crippen molar-refractivity contribution in [3.8, 4) is 0 Å². The van der Waals surface area contributed by atoms with E-state index in [0.29, 0.717) is 6.42 Å². The molecule has 0 aromatic heterocycles. The lowest BCUT2D eigenvalue weighted by atomic mass is 10.3. The molecule has 88 valence electrons. The van der Waals surface area contributed by atoms with E-state index in [0.717, 1.165) is 45.7 Å². The minimum atomic E-state index is 0.271. The molecule has 1 aliphatic heterocycles. The minimum Gasteiger partial charge on any atom is -0.344 e. The highest BCUT2D eigenvalue weighted by Crippen LogP contribution is 1.97. The Balaban J connectivity index is 2.14. The third kappa shape index (κ3) is 4.62. The fourth-order valence-corrected chi connectivity index (χ4v) is 1.76. The molecule has 4 heteroatoms. The van der Waals surface area contributed by atoms with Crippen molar-refractivity contribution in [1.82, 2.24) is 15.1 Å². The molecule has 15 heavy (non-hydrogen) atoms. The van der Waals surface area contributed by atoms with Gasteiger partial charge in [0.05, 0.1) is 0 Å². The third-order valence-electron chi connectivity index (χ3n) is 2.85. The Bertz CT molecular complexity index is 190. The van der Waals surface area contributed by atoms with Gasteiger partial charge in [0.25, 0.3) is 0 Å². The molecule has 1 fully saturated rings. The standard InChI is InChI=1S/C11H23N3O/c1-3-4-11(15)13(2)9-10-14-7-5-12-6-8-14/h12H,3-10H2,1-2H3. The molecule has 0 radical (unpaired) electrons. The first-order valence-electron chi connectivity index (χ1n) is 5.91. The average Bonchev–Trinajstić information content (AvgIpc) is 2.27. The Morgan fingerprint density at radius 2 is 2.07 bits per heavy atom. The highest BCUT2D eigenvalue weighted by Gasteiger charge is 2.12. The molecule has 1 N–H and O–H groups in total. The summed E-state index contributed by atoms with van der Waals surface area (Å²) in [4.78, 5) is 15.8. The Kier molecular flexibility index (Phi) is 5.65. The molecule has 0 atom stereocenters. The molecular weight excluding hydrogens is 190 g/mol. The Morgan fingerprint density at radius 3 is 2.67 bits per heavy atom. The number of amides is 1. The zero-order valence-electron chi connectivity index (χ0n) is 9.96. The van der Waals surface area contributed by atoms with E-state index in [2.05, 4.69) is 10.2 Å². The van der Waals surface area contributed by atoms with Crippen LogP contribution in [-0.2, 0) is 4.79 Å². The van der Waals surface area contributed by atoms with Gasteiger partial charge in [-0.15, -0.1) is 0 Å². The molecule has 1 rings (SSSR count). The van der Waals surface area contributed by atoms with Gasteiger partial charge in [-0.2, -0.15) is 0 Å². The van der Waals surface area contributed by atoms with Crippen molar-refractivity contribution in [1.29, 1.82) is 0 Å². The normalized spacial score (nSPS) is 17.7. The Labute approximate surface area is 92.6 Å². The van der Waals surface area contributed by atoms with Crippen molar-refractivity contribution in [2.45, 2.75) is 19.8 Å². The summed E-state index contributed by atoms with van der Waals surface area (Å²) in [5.74, 6) is 0.271. The molecular formula is C11H23N3O. The quantitative estimate of drug-likeness (QED) is 0.706. The Morgan fingerprint density at radius 1 is 1.40 bits per heavy atom. The second kappa shape index (κ2) is 6.80. The van der Waals surface area contributed by atoms with Gasteiger partial charge >= 0.3 is 0 Å². The maximum absolute atomic E-state index is 11.5. The van der Waals surface area contributed by atoms with E-state index in [9.17, 15) is 4.79 Å². The van der Waals surface area contributed by atoms with Crippen LogP contribution in [0, 0.1) is 0 Å². The predicted octanol–water partition coefficient (Wildman–Crippen LogP) is 0.150. The van der Waals surface area contributed by atoms with E-state index in [1.54, 1.807) is 0 Å². The molecule has 0 aliphatic carbocycles. The van der Waals surface area contributed by atoms with Crippen LogP contribution < -0.4 is 5.32 Å². The first kappa shape index (κ1) is 12.5. The first-order valence-corrected chi connectivity index (χ1v) is 5.91. The smallest absolute Gasteiger partial charge is 0.222 e. The number of hydrogen-bond donors (Lipinski definition) is 1. The number of rotatable bonds is 5. The van der Waals surface area contributed by atoms with Crippen LogP contribution >= 0.6 is 0 Å². The van der Waals surface area contributed by atoms with E-state index in [-0.39, 0.29) is 5.91 Å². The minimum absolute atomic E-state index is 0.271. The van der Waals surface area contributed by atoms with Gasteiger partial charge in [0, 0.05) is 52.7 Å². The number of hydrogen-bond acceptors (Lipinski definition) is 3. The van der Waals surface area contributed by atoms with E-state index >= 15 is 0 Å². The average molecular weight is 213 g/mol. The highest BCUT2D eigenvalue weighted by atomic mass is 16.2. The summed E-state index contributed by atoms with van der Waals surface area (Å²) < 4.78 is 0. The summed E-state index contributed by atoms with van der Waals surface area (Å²) >= 11 is 0. The van der Waals surface area contributed by atoms with Gasteiger partial charge in [-0.25, -0.2) is 0 Å². The van der Waals surface area contributed by atoms with Crippen LogP contribution in [0.1, 0.15) is 19.8 Å². The topological polar surface area (TPSA) is 35.6 Å². The van der Waals surface area contributed by atoms with Crippen molar-refractivity contribution >= 4 is 5.91 Å². The molecule has 0 aromatic rings. The fourth-order valence-electron chi connectivity index (χ4n) is 1.76. The number of piperazine rings is 1. The van der Waals surface area contributed by atoms with Crippen LogP contribution in [0.5, 0.6) is 0 Å². The van der Waals surface area contributed by atoms with Crippen molar-refractivity contribution < 1.29 is 4.79 Å². The van der Waals surface area contributed by atoms with E-state index in [1.165, 1.54) is 0 Å². The summed E-state index contributed by atoms with van der Waals surface area (Å²) in [7, 11) is 1.90. The molecule has 0 spiro atoms. The van der Waals surface area contributed by atoms with Crippen molar-refractivity contribution in [3.63, 3.8) is 0 Å². The maximum Gasteiger partial charge on any atom is 0.222 e. The van der Waals surface area contributed by atoms with Crippen LogP contribution in [0.3, 0.4) is 0 Å². The molecule has 0 bridgehead atoms. The zero-order chi connectivity index (χ0) is 11.1. The lowest BCUT2D eigenvalue weighted by Crippen LogP contribution is -2.46. The molecule has 1 saturated heterocycles. The van der Waals surface area contributed by atoms with Crippen molar-refractivity contribution in [2.75, 3.05) is 46.3 Å². The largest absolute Gasteiger partial charge is 0.344 e. The fraction of sp³-hybridized carbons (Fsp3) is 0.909. The molecule has 1 heterocycles. The van der Waals surface area contributed by atoms with Gasteiger partial charge in [0.15, 0.2) is 0 Å².